The van der Waals surface area contributed by atoms with Crippen molar-refractivity contribution in [2.45, 2.75) is 71.4 Å². The third-order valence-electron chi connectivity index (χ3n) is 5.28. The molecule has 1 heterocycles. The normalized spacial score (nSPS) is 45.8. The molecule has 0 unspecified atom stereocenters. The summed E-state index contributed by atoms with van der Waals surface area (Å²) in [5.74, 6) is 0. The van der Waals surface area contributed by atoms with Crippen LogP contribution in [-0.4, -0.2) is 34.4 Å². The molecule has 0 aromatic heterocycles. The topological polar surface area (TPSA) is 35.8 Å². The predicted molar refractivity (Wildman–Crippen MR) is 73.1 cm³/mol. The summed E-state index contributed by atoms with van der Waals surface area (Å²) in [5, 5.41) is 12.7. The van der Waals surface area contributed by atoms with Crippen molar-refractivity contribution in [1.29, 1.82) is 0 Å². The molecule has 1 N–H and O–H groups in total. The molecular formula is C15H26N2O. The Kier molecular flexibility index (Phi) is 2.74. The first kappa shape index (κ1) is 12.5. The fourth-order valence-electron chi connectivity index (χ4n) is 5.15. The molecule has 2 bridgehead atoms. The number of oxime groups is 1. The Bertz CT molecular complexity index is 377. The Morgan fingerprint density at radius 3 is 2.78 bits per heavy atom. The average Bonchev–Trinajstić information content (AvgIpc) is 2.78. The van der Waals surface area contributed by atoms with Crippen LogP contribution in [0.2, 0.25) is 0 Å². The van der Waals surface area contributed by atoms with Crippen LogP contribution in [0.4, 0.5) is 0 Å². The first-order valence-corrected chi connectivity index (χ1v) is 7.39. The minimum Gasteiger partial charge on any atom is -0.411 e. The molecule has 102 valence electrons. The van der Waals surface area contributed by atoms with Gasteiger partial charge in [-0.05, 0) is 49.4 Å². The molecule has 3 fully saturated rings. The van der Waals surface area contributed by atoms with Crippen molar-refractivity contribution in [1.82, 2.24) is 4.90 Å². The highest BCUT2D eigenvalue weighted by Gasteiger charge is 2.52. The van der Waals surface area contributed by atoms with Gasteiger partial charge in [0.05, 0.1) is 11.8 Å². The van der Waals surface area contributed by atoms with Crippen LogP contribution in [0.15, 0.2) is 5.16 Å². The SMILES string of the molecule is CC1(C)C[C@H]2C[C@](C)(CN2[C@@H]2CCC/C2=N\O)C1. The van der Waals surface area contributed by atoms with Crippen LogP contribution < -0.4 is 0 Å². The molecule has 3 aliphatic rings. The number of rotatable bonds is 1. The van der Waals surface area contributed by atoms with Crippen LogP contribution in [0.3, 0.4) is 0 Å². The average molecular weight is 250 g/mol. The van der Waals surface area contributed by atoms with E-state index >= 15 is 0 Å². The van der Waals surface area contributed by atoms with Crippen molar-refractivity contribution in [3.8, 4) is 0 Å². The summed E-state index contributed by atoms with van der Waals surface area (Å²) in [6.45, 7) is 8.48. The first-order chi connectivity index (χ1) is 8.42. The van der Waals surface area contributed by atoms with Gasteiger partial charge < -0.3 is 5.21 Å². The summed E-state index contributed by atoms with van der Waals surface area (Å²) < 4.78 is 0. The van der Waals surface area contributed by atoms with E-state index in [2.05, 4.69) is 30.8 Å². The summed E-state index contributed by atoms with van der Waals surface area (Å²) in [6.07, 6.45) is 7.35. The Hall–Kier alpha value is -0.570. The zero-order valence-electron chi connectivity index (χ0n) is 11.9. The highest BCUT2D eigenvalue weighted by atomic mass is 16.4. The van der Waals surface area contributed by atoms with E-state index in [0.29, 0.717) is 22.9 Å². The molecule has 0 amide bonds. The van der Waals surface area contributed by atoms with Crippen molar-refractivity contribution < 1.29 is 5.21 Å². The third-order valence-corrected chi connectivity index (χ3v) is 5.28. The number of fused-ring (bicyclic) bond motifs is 2. The van der Waals surface area contributed by atoms with Crippen molar-refractivity contribution in [3.05, 3.63) is 0 Å². The van der Waals surface area contributed by atoms with Gasteiger partial charge in [0.25, 0.3) is 0 Å². The minimum atomic E-state index is 0.427. The van der Waals surface area contributed by atoms with Crippen LogP contribution in [-0.2, 0) is 0 Å². The van der Waals surface area contributed by atoms with Gasteiger partial charge in [-0.3, -0.25) is 4.90 Å². The second kappa shape index (κ2) is 3.96. The van der Waals surface area contributed by atoms with E-state index in [1.54, 1.807) is 0 Å². The van der Waals surface area contributed by atoms with Crippen molar-refractivity contribution in [2.75, 3.05) is 6.54 Å². The van der Waals surface area contributed by atoms with Gasteiger partial charge >= 0.3 is 0 Å². The van der Waals surface area contributed by atoms with Gasteiger partial charge in [-0.1, -0.05) is 25.9 Å². The van der Waals surface area contributed by atoms with Gasteiger partial charge in [0.15, 0.2) is 0 Å². The molecule has 3 nitrogen and oxygen atoms in total. The maximum absolute atomic E-state index is 9.17. The second-order valence-electron chi connectivity index (χ2n) is 7.89. The molecule has 3 rings (SSSR count). The lowest BCUT2D eigenvalue weighted by Gasteiger charge is -2.40. The van der Waals surface area contributed by atoms with E-state index in [9.17, 15) is 0 Å². The molecule has 1 aliphatic heterocycles. The van der Waals surface area contributed by atoms with Crippen LogP contribution in [0.25, 0.3) is 0 Å². The van der Waals surface area contributed by atoms with Gasteiger partial charge in [-0.15, -0.1) is 0 Å². The van der Waals surface area contributed by atoms with E-state index in [1.165, 1.54) is 38.6 Å². The Morgan fingerprint density at radius 2 is 2.06 bits per heavy atom. The molecule has 3 atom stereocenters. The lowest BCUT2D eigenvalue weighted by molar-refractivity contribution is 0.124. The summed E-state index contributed by atoms with van der Waals surface area (Å²) in [4.78, 5) is 2.66. The molecule has 0 aromatic rings. The van der Waals surface area contributed by atoms with Crippen molar-refractivity contribution in [2.24, 2.45) is 16.0 Å². The summed E-state index contributed by atoms with van der Waals surface area (Å²) >= 11 is 0. The number of nitrogens with zero attached hydrogens (tertiary/aromatic N) is 2. The van der Waals surface area contributed by atoms with E-state index < -0.39 is 0 Å². The van der Waals surface area contributed by atoms with Gasteiger partial charge in [-0.2, -0.15) is 0 Å². The Labute approximate surface area is 110 Å². The highest BCUT2D eigenvalue weighted by molar-refractivity contribution is 5.91. The quantitative estimate of drug-likeness (QED) is 0.572. The van der Waals surface area contributed by atoms with Gasteiger partial charge in [-0.25, -0.2) is 0 Å². The lowest BCUT2D eigenvalue weighted by atomic mass is 9.65. The van der Waals surface area contributed by atoms with Crippen molar-refractivity contribution in [3.63, 3.8) is 0 Å². The van der Waals surface area contributed by atoms with Gasteiger partial charge in [0.2, 0.25) is 0 Å². The molecule has 0 spiro atoms. The molecule has 2 saturated carbocycles. The van der Waals surface area contributed by atoms with Gasteiger partial charge in [0, 0.05) is 12.6 Å². The monoisotopic (exact) mass is 250 g/mol. The number of hydrogen-bond donors (Lipinski definition) is 1. The minimum absolute atomic E-state index is 0.427. The standard InChI is InChI=1S/C15H26N2O/c1-14(2)7-11-8-15(3,9-14)10-17(11)13-6-4-5-12(13)16-18/h11,13,18H,4-10H2,1-3H3/b16-12+/t11-,13+,15-/m0/s1. The Morgan fingerprint density at radius 1 is 1.28 bits per heavy atom. The zero-order valence-corrected chi connectivity index (χ0v) is 11.9. The summed E-state index contributed by atoms with van der Waals surface area (Å²) in [6, 6.07) is 1.13. The molecule has 0 radical (unpaired) electrons. The van der Waals surface area contributed by atoms with Gasteiger partial charge in [0.1, 0.15) is 0 Å². The van der Waals surface area contributed by atoms with E-state index in [0.717, 1.165) is 12.1 Å². The van der Waals surface area contributed by atoms with Crippen LogP contribution >= 0.6 is 0 Å². The first-order valence-electron chi connectivity index (χ1n) is 7.39. The molecule has 2 aliphatic carbocycles. The van der Waals surface area contributed by atoms with Crippen LogP contribution in [0.1, 0.15) is 59.3 Å². The smallest absolute Gasteiger partial charge is 0.0742 e. The molecular weight excluding hydrogens is 224 g/mol. The summed E-state index contributed by atoms with van der Waals surface area (Å²) in [7, 11) is 0. The van der Waals surface area contributed by atoms with E-state index in [1.807, 2.05) is 0 Å². The van der Waals surface area contributed by atoms with E-state index in [4.69, 9.17) is 5.21 Å². The number of likely N-dealkylation sites (tertiary alicyclic amines) is 1. The number of hydrogen-bond acceptors (Lipinski definition) is 3. The molecule has 18 heavy (non-hydrogen) atoms. The fourth-order valence-corrected chi connectivity index (χ4v) is 5.15. The largest absolute Gasteiger partial charge is 0.411 e. The molecule has 0 aromatic carbocycles. The Balaban J connectivity index is 1.84. The maximum Gasteiger partial charge on any atom is 0.0742 e. The van der Waals surface area contributed by atoms with Crippen molar-refractivity contribution >= 4 is 5.71 Å². The van der Waals surface area contributed by atoms with Crippen LogP contribution in [0, 0.1) is 10.8 Å². The fraction of sp³-hybridized carbons (Fsp3) is 0.933. The second-order valence-corrected chi connectivity index (χ2v) is 7.89. The lowest BCUT2D eigenvalue weighted by Crippen LogP contribution is -2.42. The van der Waals surface area contributed by atoms with Crippen LogP contribution in [0.5, 0.6) is 0 Å². The zero-order chi connectivity index (χ0) is 13.0. The third kappa shape index (κ3) is 1.97. The molecule has 3 heteroatoms. The maximum atomic E-state index is 9.17. The van der Waals surface area contributed by atoms with E-state index in [-0.39, 0.29) is 0 Å². The predicted octanol–water partition coefficient (Wildman–Crippen LogP) is 3.27. The molecule has 1 saturated heterocycles. The highest BCUT2D eigenvalue weighted by Crippen LogP contribution is 2.53. The summed E-state index contributed by atoms with van der Waals surface area (Å²) in [5.41, 5.74) is 1.99.